The Balaban J connectivity index is 2.29. The van der Waals surface area contributed by atoms with Crippen molar-refractivity contribution in [3.63, 3.8) is 0 Å². The molecule has 1 aromatic rings. The molecule has 0 aromatic heterocycles. The molecule has 9 heteroatoms. The van der Waals surface area contributed by atoms with Gasteiger partial charge in [-0.2, -0.15) is 0 Å². The monoisotopic (exact) mass is 332 g/mol. The predicted molar refractivity (Wildman–Crippen MR) is 74.8 cm³/mol. The molecule has 1 unspecified atom stereocenters. The lowest BCUT2D eigenvalue weighted by atomic mass is 10.2. The van der Waals surface area contributed by atoms with Gasteiger partial charge in [0.1, 0.15) is 4.90 Å². The molecule has 0 bridgehead atoms. The highest BCUT2D eigenvalue weighted by Crippen LogP contribution is 2.24. The van der Waals surface area contributed by atoms with Crippen LogP contribution >= 0.6 is 11.6 Å². The number of nitrogens with zero attached hydrogens (tertiary/aromatic N) is 1. The first-order chi connectivity index (χ1) is 9.70. The Bertz CT molecular complexity index is 704. The Hall–Kier alpha value is -1.64. The Morgan fingerprint density at radius 2 is 2.14 bits per heavy atom. The summed E-state index contributed by atoms with van der Waals surface area (Å²) in [4.78, 5) is 23.4. The Labute approximate surface area is 126 Å². The smallest absolute Gasteiger partial charge is 0.335 e. The van der Waals surface area contributed by atoms with Crippen molar-refractivity contribution >= 4 is 33.5 Å². The number of hydrogen-bond donors (Lipinski definition) is 2. The van der Waals surface area contributed by atoms with Gasteiger partial charge in [0.05, 0.1) is 10.6 Å². The molecular formula is C12H13ClN2O5S. The number of carboxylic acids is 1. The molecular weight excluding hydrogens is 320 g/mol. The highest BCUT2D eigenvalue weighted by atomic mass is 35.5. The molecule has 2 rings (SSSR count). The maximum Gasteiger partial charge on any atom is 0.335 e. The van der Waals surface area contributed by atoms with Crippen molar-refractivity contribution in [3.05, 3.63) is 28.8 Å². The third-order valence-corrected chi connectivity index (χ3v) is 5.13. The van der Waals surface area contributed by atoms with Crippen molar-refractivity contribution in [3.8, 4) is 0 Å². The summed E-state index contributed by atoms with van der Waals surface area (Å²) in [6.45, 7) is 0.258. The maximum atomic E-state index is 12.3. The first-order valence-corrected chi connectivity index (χ1v) is 7.86. The maximum absolute atomic E-state index is 12.3. The summed E-state index contributed by atoms with van der Waals surface area (Å²) in [5.74, 6) is -1.41. The first kappa shape index (κ1) is 15.7. The van der Waals surface area contributed by atoms with Crippen LogP contribution in [-0.2, 0) is 14.8 Å². The standard InChI is InChI=1S/C12H13ClN2O5S/c1-15-6-8(5-11(15)16)14-21(19,20)10-4-7(12(17)18)2-3-9(10)13/h2-4,8,14H,5-6H2,1H3,(H,17,18). The van der Waals surface area contributed by atoms with Gasteiger partial charge >= 0.3 is 5.97 Å². The van der Waals surface area contributed by atoms with Crippen LogP contribution < -0.4 is 4.72 Å². The Kier molecular flexibility index (Phi) is 4.22. The summed E-state index contributed by atoms with van der Waals surface area (Å²) in [7, 11) is -2.42. The number of nitrogens with one attached hydrogen (secondary N) is 1. The molecule has 1 atom stereocenters. The minimum Gasteiger partial charge on any atom is -0.478 e. The minimum atomic E-state index is -4.00. The zero-order valence-corrected chi connectivity index (χ0v) is 12.6. The van der Waals surface area contributed by atoms with Gasteiger partial charge in [0.2, 0.25) is 15.9 Å². The number of aromatic carboxylic acids is 1. The van der Waals surface area contributed by atoms with Crippen molar-refractivity contribution in [1.29, 1.82) is 0 Å². The fraction of sp³-hybridized carbons (Fsp3) is 0.333. The number of hydrogen-bond acceptors (Lipinski definition) is 4. The van der Waals surface area contributed by atoms with Gasteiger partial charge < -0.3 is 10.0 Å². The second-order valence-electron chi connectivity index (χ2n) is 4.75. The molecule has 1 fully saturated rings. The third kappa shape index (κ3) is 3.34. The predicted octanol–water partition coefficient (Wildman–Crippen LogP) is 0.547. The van der Waals surface area contributed by atoms with E-state index in [2.05, 4.69) is 4.72 Å². The van der Waals surface area contributed by atoms with Crippen LogP contribution in [0.2, 0.25) is 5.02 Å². The van der Waals surface area contributed by atoms with E-state index in [1.807, 2.05) is 0 Å². The lowest BCUT2D eigenvalue weighted by Gasteiger charge is -2.14. The summed E-state index contributed by atoms with van der Waals surface area (Å²) in [6, 6.07) is 2.87. The van der Waals surface area contributed by atoms with Crippen LogP contribution in [0.5, 0.6) is 0 Å². The Morgan fingerprint density at radius 3 is 2.67 bits per heavy atom. The number of carbonyl (C=O) groups excluding carboxylic acids is 1. The molecule has 0 saturated carbocycles. The zero-order chi connectivity index (χ0) is 15.8. The van der Waals surface area contributed by atoms with E-state index in [0.29, 0.717) is 0 Å². The number of amides is 1. The van der Waals surface area contributed by atoms with Gasteiger partial charge in [-0.15, -0.1) is 0 Å². The molecule has 0 spiro atoms. The van der Waals surface area contributed by atoms with Gasteiger partial charge in [-0.05, 0) is 18.2 Å². The van der Waals surface area contributed by atoms with E-state index in [1.54, 1.807) is 7.05 Å². The van der Waals surface area contributed by atoms with Crippen LogP contribution in [0.15, 0.2) is 23.1 Å². The zero-order valence-electron chi connectivity index (χ0n) is 11.0. The second-order valence-corrected chi connectivity index (χ2v) is 6.84. The summed E-state index contributed by atoms with van der Waals surface area (Å²) in [5, 5.41) is 8.83. The van der Waals surface area contributed by atoms with Crippen molar-refractivity contribution < 1.29 is 23.1 Å². The lowest BCUT2D eigenvalue weighted by molar-refractivity contribution is -0.126. The van der Waals surface area contributed by atoms with E-state index in [-0.39, 0.29) is 34.4 Å². The second kappa shape index (κ2) is 5.63. The van der Waals surface area contributed by atoms with Gasteiger partial charge in [-0.3, -0.25) is 4.79 Å². The summed E-state index contributed by atoms with van der Waals surface area (Å²) in [6.07, 6.45) is 0.0615. The number of rotatable bonds is 4. The van der Waals surface area contributed by atoms with Gasteiger partial charge in [0.15, 0.2) is 0 Å². The number of carbonyl (C=O) groups is 2. The highest BCUT2D eigenvalue weighted by Gasteiger charge is 2.31. The van der Waals surface area contributed by atoms with Gasteiger partial charge in [-0.25, -0.2) is 17.9 Å². The summed E-state index contributed by atoms with van der Waals surface area (Å²) >= 11 is 5.84. The Morgan fingerprint density at radius 1 is 1.48 bits per heavy atom. The van der Waals surface area contributed by atoms with Gasteiger partial charge in [-0.1, -0.05) is 11.6 Å². The molecule has 7 nitrogen and oxygen atoms in total. The average molecular weight is 333 g/mol. The number of sulfonamides is 1. The number of likely N-dealkylation sites (tertiary alicyclic amines) is 1. The first-order valence-electron chi connectivity index (χ1n) is 6.00. The van der Waals surface area contributed by atoms with Crippen LogP contribution in [0.1, 0.15) is 16.8 Å². The van der Waals surface area contributed by atoms with E-state index in [4.69, 9.17) is 16.7 Å². The van der Waals surface area contributed by atoms with Crippen molar-refractivity contribution in [2.75, 3.05) is 13.6 Å². The largest absolute Gasteiger partial charge is 0.478 e. The van der Waals surface area contributed by atoms with Crippen molar-refractivity contribution in [2.24, 2.45) is 0 Å². The van der Waals surface area contributed by atoms with Crippen LogP contribution in [0, 0.1) is 0 Å². The van der Waals surface area contributed by atoms with Gasteiger partial charge in [0.25, 0.3) is 0 Å². The average Bonchev–Trinajstić information content (AvgIpc) is 2.67. The molecule has 114 valence electrons. The molecule has 1 aliphatic rings. The lowest BCUT2D eigenvalue weighted by Crippen LogP contribution is -2.36. The molecule has 0 radical (unpaired) electrons. The fourth-order valence-corrected chi connectivity index (χ4v) is 3.82. The van der Waals surface area contributed by atoms with Crippen LogP contribution in [0.25, 0.3) is 0 Å². The van der Waals surface area contributed by atoms with E-state index in [1.165, 1.54) is 17.0 Å². The number of likely N-dealkylation sites (N-methyl/N-ethyl adjacent to an activating group) is 1. The SMILES string of the molecule is CN1CC(NS(=O)(=O)c2cc(C(=O)O)ccc2Cl)CC1=O. The summed E-state index contributed by atoms with van der Waals surface area (Å²) < 4.78 is 26.9. The van der Waals surface area contributed by atoms with Crippen LogP contribution in [0.4, 0.5) is 0 Å². The molecule has 0 aliphatic carbocycles. The van der Waals surface area contributed by atoms with Gasteiger partial charge in [0, 0.05) is 26.1 Å². The van der Waals surface area contributed by atoms with E-state index >= 15 is 0 Å². The molecule has 1 aliphatic heterocycles. The minimum absolute atomic E-state index is 0.0615. The third-order valence-electron chi connectivity index (χ3n) is 3.13. The van der Waals surface area contributed by atoms with Crippen LogP contribution in [0.3, 0.4) is 0 Å². The molecule has 21 heavy (non-hydrogen) atoms. The molecule has 1 amide bonds. The van der Waals surface area contributed by atoms with Crippen LogP contribution in [-0.4, -0.2) is 49.9 Å². The van der Waals surface area contributed by atoms with Crippen molar-refractivity contribution in [1.82, 2.24) is 9.62 Å². The fourth-order valence-electron chi connectivity index (χ4n) is 2.07. The quantitative estimate of drug-likeness (QED) is 0.837. The van der Waals surface area contributed by atoms with E-state index in [9.17, 15) is 18.0 Å². The van der Waals surface area contributed by atoms with E-state index in [0.717, 1.165) is 6.07 Å². The van der Waals surface area contributed by atoms with Crippen molar-refractivity contribution in [2.45, 2.75) is 17.4 Å². The highest BCUT2D eigenvalue weighted by molar-refractivity contribution is 7.89. The molecule has 1 aromatic carbocycles. The molecule has 2 N–H and O–H groups in total. The number of carboxylic acid groups (broad SMARTS) is 1. The topological polar surface area (TPSA) is 104 Å². The normalized spacial score (nSPS) is 19.0. The number of halogens is 1. The number of benzene rings is 1. The van der Waals surface area contributed by atoms with E-state index < -0.39 is 22.0 Å². The molecule has 1 saturated heterocycles. The molecule has 1 heterocycles. The summed E-state index contributed by atoms with van der Waals surface area (Å²) in [5.41, 5.74) is -0.181.